The van der Waals surface area contributed by atoms with Crippen LogP contribution in [-0.4, -0.2) is 20.9 Å². The minimum absolute atomic E-state index is 0.0645. The molecule has 0 aliphatic heterocycles. The summed E-state index contributed by atoms with van der Waals surface area (Å²) in [6, 6.07) is 15.0. The Labute approximate surface area is 166 Å². The number of nitrogens with zero attached hydrogens (tertiary/aromatic N) is 1. The van der Waals surface area contributed by atoms with Crippen molar-refractivity contribution in [3.05, 3.63) is 70.3 Å². The molecule has 0 radical (unpaired) electrons. The largest absolute Gasteiger partial charge is 0.389 e. The van der Waals surface area contributed by atoms with Crippen molar-refractivity contribution in [1.29, 1.82) is 5.26 Å². The molecule has 0 bridgehead atoms. The fraction of sp³-hybridized carbons (Fsp3) is 0.111. The molecule has 0 heterocycles. The molecule has 0 aliphatic rings. The standard InChI is InChI=1S/C18H17BrN4O3S/c19-17-4-2-1-3-13(17)9-10-22-12-14(11-20)18(24)23-15-5-7-16(8-6-15)27(21,25)26/h1-8,12,22H,9-10H2,(H,23,24)(H2,21,25,26)/b14-12-. The summed E-state index contributed by atoms with van der Waals surface area (Å²) in [5, 5.41) is 19.7. The van der Waals surface area contributed by atoms with E-state index in [9.17, 15) is 13.2 Å². The molecule has 27 heavy (non-hydrogen) atoms. The van der Waals surface area contributed by atoms with Crippen molar-refractivity contribution in [3.63, 3.8) is 0 Å². The molecule has 0 saturated heterocycles. The lowest BCUT2D eigenvalue weighted by atomic mass is 10.1. The molecule has 2 rings (SSSR count). The lowest BCUT2D eigenvalue weighted by molar-refractivity contribution is -0.112. The number of nitriles is 1. The van der Waals surface area contributed by atoms with Gasteiger partial charge >= 0.3 is 0 Å². The predicted octanol–water partition coefficient (Wildman–Crippen LogP) is 2.27. The van der Waals surface area contributed by atoms with Crippen LogP contribution in [0, 0.1) is 11.3 Å². The van der Waals surface area contributed by atoms with E-state index >= 15 is 0 Å². The van der Waals surface area contributed by atoms with E-state index in [-0.39, 0.29) is 10.5 Å². The number of primary sulfonamides is 1. The SMILES string of the molecule is N#C/C(=C/NCCc1ccccc1Br)C(=O)Nc1ccc(S(N)(=O)=O)cc1. The second-order valence-corrected chi connectivity index (χ2v) is 7.90. The summed E-state index contributed by atoms with van der Waals surface area (Å²) in [6.07, 6.45) is 2.07. The summed E-state index contributed by atoms with van der Waals surface area (Å²) < 4.78 is 23.4. The number of sulfonamides is 1. The number of nitrogens with one attached hydrogen (secondary N) is 2. The first kappa shape index (κ1) is 20.6. The second-order valence-electron chi connectivity index (χ2n) is 5.49. The van der Waals surface area contributed by atoms with Crippen molar-refractivity contribution in [2.24, 2.45) is 5.14 Å². The Hall–Kier alpha value is -2.67. The Morgan fingerprint density at radius 3 is 2.44 bits per heavy atom. The fourth-order valence-corrected chi connectivity index (χ4v) is 3.16. The summed E-state index contributed by atoms with van der Waals surface area (Å²) in [4.78, 5) is 12.1. The number of halogens is 1. The second kappa shape index (κ2) is 9.32. The first-order valence-corrected chi connectivity index (χ1v) is 10.2. The lowest BCUT2D eigenvalue weighted by Gasteiger charge is -2.07. The summed E-state index contributed by atoms with van der Waals surface area (Å²) in [5.74, 6) is -0.603. The van der Waals surface area contributed by atoms with Crippen LogP contribution in [0.4, 0.5) is 5.69 Å². The predicted molar refractivity (Wildman–Crippen MR) is 106 cm³/mol. The summed E-state index contributed by atoms with van der Waals surface area (Å²) in [5.41, 5.74) is 1.36. The van der Waals surface area contributed by atoms with Crippen LogP contribution in [0.2, 0.25) is 0 Å². The third-order valence-electron chi connectivity index (χ3n) is 3.55. The van der Waals surface area contributed by atoms with Gasteiger partial charge in [-0.2, -0.15) is 5.26 Å². The fourth-order valence-electron chi connectivity index (χ4n) is 2.16. The number of carbonyl (C=O) groups excluding carboxylic acids is 1. The topological polar surface area (TPSA) is 125 Å². The van der Waals surface area contributed by atoms with Crippen molar-refractivity contribution in [3.8, 4) is 6.07 Å². The first-order chi connectivity index (χ1) is 12.8. The van der Waals surface area contributed by atoms with E-state index in [2.05, 4.69) is 26.6 Å². The Bertz CT molecular complexity index is 996. The highest BCUT2D eigenvalue weighted by Crippen LogP contribution is 2.16. The van der Waals surface area contributed by atoms with E-state index in [0.29, 0.717) is 18.7 Å². The molecule has 7 nitrogen and oxygen atoms in total. The molecule has 0 spiro atoms. The van der Waals surface area contributed by atoms with E-state index in [1.54, 1.807) is 0 Å². The summed E-state index contributed by atoms with van der Waals surface area (Å²) >= 11 is 3.46. The van der Waals surface area contributed by atoms with Gasteiger partial charge in [0.15, 0.2) is 0 Å². The van der Waals surface area contributed by atoms with Crippen molar-refractivity contribution in [2.75, 3.05) is 11.9 Å². The number of anilines is 1. The van der Waals surface area contributed by atoms with Gasteiger partial charge < -0.3 is 10.6 Å². The summed E-state index contributed by atoms with van der Waals surface area (Å²) in [7, 11) is -3.80. The van der Waals surface area contributed by atoms with E-state index in [0.717, 1.165) is 10.0 Å². The lowest BCUT2D eigenvalue weighted by Crippen LogP contribution is -2.18. The molecule has 2 aromatic carbocycles. The first-order valence-electron chi connectivity index (χ1n) is 7.82. The van der Waals surface area contributed by atoms with Crippen LogP contribution in [0.15, 0.2) is 69.7 Å². The van der Waals surface area contributed by atoms with Gasteiger partial charge in [0.25, 0.3) is 5.91 Å². The zero-order valence-electron chi connectivity index (χ0n) is 14.1. The number of benzene rings is 2. The van der Waals surface area contributed by atoms with Gasteiger partial charge in [-0.25, -0.2) is 13.6 Å². The van der Waals surface area contributed by atoms with Crippen molar-refractivity contribution < 1.29 is 13.2 Å². The number of hydrogen-bond donors (Lipinski definition) is 3. The maximum Gasteiger partial charge on any atom is 0.267 e. The molecule has 0 aromatic heterocycles. The quantitative estimate of drug-likeness (QED) is 0.340. The van der Waals surface area contributed by atoms with E-state index < -0.39 is 15.9 Å². The van der Waals surface area contributed by atoms with Crippen LogP contribution in [0.1, 0.15) is 5.56 Å². The van der Waals surface area contributed by atoms with Gasteiger partial charge in [-0.1, -0.05) is 34.1 Å². The number of nitrogens with two attached hydrogens (primary N) is 1. The van der Waals surface area contributed by atoms with Gasteiger partial charge in [-0.3, -0.25) is 4.79 Å². The molecule has 0 aliphatic carbocycles. The van der Waals surface area contributed by atoms with Crippen LogP contribution >= 0.6 is 15.9 Å². The van der Waals surface area contributed by atoms with Gasteiger partial charge in [0.2, 0.25) is 10.0 Å². The van der Waals surface area contributed by atoms with Crippen molar-refractivity contribution in [1.82, 2.24) is 5.32 Å². The molecule has 140 valence electrons. The molecule has 0 unspecified atom stereocenters. The number of rotatable bonds is 7. The highest BCUT2D eigenvalue weighted by Gasteiger charge is 2.11. The van der Waals surface area contributed by atoms with E-state index in [1.165, 1.54) is 30.5 Å². The van der Waals surface area contributed by atoms with Crippen molar-refractivity contribution in [2.45, 2.75) is 11.3 Å². The average molecular weight is 449 g/mol. The zero-order valence-corrected chi connectivity index (χ0v) is 16.5. The molecule has 0 fully saturated rings. The minimum atomic E-state index is -3.80. The number of carbonyl (C=O) groups is 1. The zero-order chi connectivity index (χ0) is 19.9. The van der Waals surface area contributed by atoms with Gasteiger partial charge in [0.05, 0.1) is 4.90 Å². The van der Waals surface area contributed by atoms with Crippen LogP contribution in [0.3, 0.4) is 0 Å². The van der Waals surface area contributed by atoms with Crippen LogP contribution in [-0.2, 0) is 21.2 Å². The Morgan fingerprint density at radius 2 is 1.85 bits per heavy atom. The Kier molecular flexibility index (Phi) is 7.12. The molecule has 0 atom stereocenters. The number of amides is 1. The smallest absolute Gasteiger partial charge is 0.267 e. The molecule has 0 saturated carbocycles. The maximum atomic E-state index is 12.2. The summed E-state index contributed by atoms with van der Waals surface area (Å²) in [6.45, 7) is 0.546. The van der Waals surface area contributed by atoms with Gasteiger partial charge in [0.1, 0.15) is 11.6 Å². The van der Waals surface area contributed by atoms with Crippen molar-refractivity contribution >= 4 is 37.5 Å². The van der Waals surface area contributed by atoms with E-state index in [4.69, 9.17) is 10.4 Å². The molecule has 4 N–H and O–H groups in total. The van der Waals surface area contributed by atoms with Gasteiger partial charge in [-0.15, -0.1) is 0 Å². The Balaban J connectivity index is 1.94. The van der Waals surface area contributed by atoms with Crippen LogP contribution < -0.4 is 15.8 Å². The third-order valence-corrected chi connectivity index (χ3v) is 5.25. The van der Waals surface area contributed by atoms with Crippen LogP contribution in [0.25, 0.3) is 0 Å². The van der Waals surface area contributed by atoms with Gasteiger partial charge in [-0.05, 0) is 42.3 Å². The highest BCUT2D eigenvalue weighted by atomic mass is 79.9. The minimum Gasteiger partial charge on any atom is -0.389 e. The molecule has 2 aromatic rings. The van der Waals surface area contributed by atoms with Crippen LogP contribution in [0.5, 0.6) is 0 Å². The third kappa shape index (κ3) is 6.21. The molecule has 9 heteroatoms. The van der Waals surface area contributed by atoms with Gasteiger partial charge in [0, 0.05) is 22.9 Å². The maximum absolute atomic E-state index is 12.2. The number of hydrogen-bond acceptors (Lipinski definition) is 5. The molecular formula is C18H17BrN4O3S. The van der Waals surface area contributed by atoms with E-state index in [1.807, 2.05) is 30.3 Å². The monoisotopic (exact) mass is 448 g/mol. The molecule has 1 amide bonds. The highest BCUT2D eigenvalue weighted by molar-refractivity contribution is 9.10. The molecular weight excluding hydrogens is 432 g/mol. The Morgan fingerprint density at radius 1 is 1.19 bits per heavy atom. The average Bonchev–Trinajstić information content (AvgIpc) is 2.62. The normalized spacial score (nSPS) is 11.5.